The number of nitrogens with zero attached hydrogens (tertiary/aromatic N) is 1. The van der Waals surface area contributed by atoms with Gasteiger partial charge in [0, 0.05) is 18.8 Å². The van der Waals surface area contributed by atoms with E-state index in [1.165, 1.54) is 13.3 Å². The Bertz CT molecular complexity index is 467. The lowest BCUT2D eigenvalue weighted by Gasteiger charge is -2.26. The fourth-order valence-corrected chi connectivity index (χ4v) is 1.86. The molecule has 1 heterocycles. The number of carbonyl (C=O) groups excluding carboxylic acids is 1. The summed E-state index contributed by atoms with van der Waals surface area (Å²) in [5.74, 6) is -0.813. The third-order valence-corrected chi connectivity index (χ3v) is 3.60. The molecule has 0 saturated carbocycles. The number of carbonyl (C=O) groups is 2. The molecule has 1 aromatic rings. The van der Waals surface area contributed by atoms with Crippen LogP contribution < -0.4 is 10.1 Å². The van der Waals surface area contributed by atoms with Crippen molar-refractivity contribution in [1.29, 1.82) is 0 Å². The number of aliphatic carboxylic acids is 1. The minimum atomic E-state index is -0.921. The first kappa shape index (κ1) is 15.9. The number of hydrogen-bond acceptors (Lipinski definition) is 4. The zero-order valence-corrected chi connectivity index (χ0v) is 12.0. The van der Waals surface area contributed by atoms with E-state index in [1.54, 1.807) is 26.0 Å². The van der Waals surface area contributed by atoms with Crippen molar-refractivity contribution in [3.63, 3.8) is 0 Å². The van der Waals surface area contributed by atoms with E-state index in [4.69, 9.17) is 4.74 Å². The highest BCUT2D eigenvalue weighted by atomic mass is 16.5. The van der Waals surface area contributed by atoms with Gasteiger partial charge >= 0.3 is 5.97 Å². The number of methoxy groups -OCH3 is 1. The van der Waals surface area contributed by atoms with Crippen LogP contribution in [0.4, 0.5) is 0 Å². The zero-order chi connectivity index (χ0) is 15.2. The van der Waals surface area contributed by atoms with E-state index in [0.29, 0.717) is 24.3 Å². The van der Waals surface area contributed by atoms with Gasteiger partial charge in [0.1, 0.15) is 0 Å². The predicted molar refractivity (Wildman–Crippen MR) is 73.8 cm³/mol. The van der Waals surface area contributed by atoms with Gasteiger partial charge in [-0.15, -0.1) is 0 Å². The molecule has 1 amide bonds. The molecule has 6 nitrogen and oxygen atoms in total. The van der Waals surface area contributed by atoms with Gasteiger partial charge in [-0.3, -0.25) is 9.59 Å². The molecule has 0 aliphatic heterocycles. The Hall–Kier alpha value is -2.11. The molecule has 0 aliphatic rings. The van der Waals surface area contributed by atoms with Crippen molar-refractivity contribution in [3.05, 3.63) is 23.9 Å². The van der Waals surface area contributed by atoms with Crippen LogP contribution in [0.25, 0.3) is 0 Å². The van der Waals surface area contributed by atoms with E-state index in [1.807, 2.05) is 0 Å². The van der Waals surface area contributed by atoms with Gasteiger partial charge in [-0.25, -0.2) is 4.98 Å². The largest absolute Gasteiger partial charge is 0.481 e. The second-order valence-electron chi connectivity index (χ2n) is 4.56. The van der Waals surface area contributed by atoms with E-state index in [2.05, 4.69) is 10.3 Å². The highest BCUT2D eigenvalue weighted by Gasteiger charge is 2.35. The van der Waals surface area contributed by atoms with Crippen molar-refractivity contribution < 1.29 is 19.4 Å². The van der Waals surface area contributed by atoms with Crippen LogP contribution in [-0.2, 0) is 4.79 Å². The van der Waals surface area contributed by atoms with Gasteiger partial charge in [0.05, 0.1) is 18.1 Å². The summed E-state index contributed by atoms with van der Waals surface area (Å²) in [6, 6.07) is 3.17. The number of rotatable bonds is 7. The van der Waals surface area contributed by atoms with Gasteiger partial charge in [-0.2, -0.15) is 0 Å². The van der Waals surface area contributed by atoms with E-state index < -0.39 is 11.4 Å². The number of amides is 1. The Balaban J connectivity index is 2.72. The van der Waals surface area contributed by atoms with Crippen LogP contribution in [0.2, 0.25) is 0 Å². The van der Waals surface area contributed by atoms with Crippen LogP contribution in [0.15, 0.2) is 18.3 Å². The molecule has 0 atom stereocenters. The van der Waals surface area contributed by atoms with Crippen molar-refractivity contribution in [1.82, 2.24) is 10.3 Å². The third-order valence-electron chi connectivity index (χ3n) is 3.60. The molecule has 0 bridgehead atoms. The first-order chi connectivity index (χ1) is 9.49. The maximum Gasteiger partial charge on any atom is 0.311 e. The molecule has 1 aromatic heterocycles. The SMILES string of the molecule is CCC(CC)(CNC(=O)c1ccc(OC)nc1)C(=O)O. The number of pyridine rings is 1. The van der Waals surface area contributed by atoms with Gasteiger partial charge in [-0.05, 0) is 18.9 Å². The quantitative estimate of drug-likeness (QED) is 0.793. The normalized spacial score (nSPS) is 10.9. The molecule has 0 aliphatic carbocycles. The van der Waals surface area contributed by atoms with Crippen LogP contribution >= 0.6 is 0 Å². The summed E-state index contributed by atoms with van der Waals surface area (Å²) in [6.45, 7) is 3.71. The molecule has 1 rings (SSSR count). The standard InChI is InChI=1S/C14H20N2O4/c1-4-14(5-2,13(18)19)9-16-12(17)10-6-7-11(20-3)15-8-10/h6-8H,4-5,9H2,1-3H3,(H,16,17)(H,18,19). The van der Waals surface area contributed by atoms with Crippen LogP contribution in [0.3, 0.4) is 0 Å². The van der Waals surface area contributed by atoms with Gasteiger partial charge in [0.15, 0.2) is 0 Å². The molecule has 0 aromatic carbocycles. The van der Waals surface area contributed by atoms with Gasteiger partial charge in [0.2, 0.25) is 5.88 Å². The number of carboxylic acids is 1. The van der Waals surface area contributed by atoms with Crippen LogP contribution in [0.1, 0.15) is 37.0 Å². The summed E-state index contributed by atoms with van der Waals surface area (Å²) in [6.07, 6.45) is 2.31. The summed E-state index contributed by atoms with van der Waals surface area (Å²) in [4.78, 5) is 27.2. The number of aromatic nitrogens is 1. The van der Waals surface area contributed by atoms with Crippen molar-refractivity contribution in [2.45, 2.75) is 26.7 Å². The van der Waals surface area contributed by atoms with E-state index >= 15 is 0 Å². The topological polar surface area (TPSA) is 88.5 Å². The Labute approximate surface area is 118 Å². The average Bonchev–Trinajstić information content (AvgIpc) is 2.48. The van der Waals surface area contributed by atoms with Gasteiger partial charge in [0.25, 0.3) is 5.91 Å². The lowest BCUT2D eigenvalue weighted by atomic mass is 9.82. The smallest absolute Gasteiger partial charge is 0.311 e. The van der Waals surface area contributed by atoms with E-state index in [-0.39, 0.29) is 12.5 Å². The molecular weight excluding hydrogens is 260 g/mol. The monoisotopic (exact) mass is 280 g/mol. The fourth-order valence-electron chi connectivity index (χ4n) is 1.86. The Kier molecular flexibility index (Phi) is 5.49. The van der Waals surface area contributed by atoms with Crippen molar-refractivity contribution >= 4 is 11.9 Å². The van der Waals surface area contributed by atoms with Gasteiger partial charge in [-0.1, -0.05) is 13.8 Å². The molecular formula is C14H20N2O4. The summed E-state index contributed by atoms with van der Waals surface area (Å²) in [5, 5.41) is 12.0. The Morgan fingerprint density at radius 2 is 2.00 bits per heavy atom. The lowest BCUT2D eigenvalue weighted by molar-refractivity contribution is -0.149. The second-order valence-corrected chi connectivity index (χ2v) is 4.56. The van der Waals surface area contributed by atoms with E-state index in [0.717, 1.165) is 0 Å². The Morgan fingerprint density at radius 3 is 2.40 bits per heavy atom. The molecule has 0 fully saturated rings. The molecule has 6 heteroatoms. The Morgan fingerprint density at radius 1 is 1.35 bits per heavy atom. The van der Waals surface area contributed by atoms with Crippen molar-refractivity contribution in [2.24, 2.45) is 5.41 Å². The predicted octanol–water partition coefficient (Wildman–Crippen LogP) is 1.71. The lowest BCUT2D eigenvalue weighted by Crippen LogP contribution is -2.42. The highest BCUT2D eigenvalue weighted by Crippen LogP contribution is 2.25. The zero-order valence-electron chi connectivity index (χ0n) is 12.0. The number of hydrogen-bond donors (Lipinski definition) is 2. The summed E-state index contributed by atoms with van der Waals surface area (Å²) < 4.78 is 4.91. The minimum Gasteiger partial charge on any atom is -0.481 e. The minimum absolute atomic E-state index is 0.0974. The molecule has 2 N–H and O–H groups in total. The maximum atomic E-state index is 12.0. The average molecular weight is 280 g/mol. The second kappa shape index (κ2) is 6.88. The van der Waals surface area contributed by atoms with Gasteiger partial charge < -0.3 is 15.2 Å². The molecule has 0 spiro atoms. The molecule has 110 valence electrons. The summed E-state index contributed by atoms with van der Waals surface area (Å²) >= 11 is 0. The summed E-state index contributed by atoms with van der Waals surface area (Å²) in [5.41, 5.74) is -0.549. The van der Waals surface area contributed by atoms with Crippen molar-refractivity contribution in [3.8, 4) is 5.88 Å². The number of carboxylic acid groups (broad SMARTS) is 1. The summed E-state index contributed by atoms with van der Waals surface area (Å²) in [7, 11) is 1.49. The molecule has 0 unspecified atom stereocenters. The van der Waals surface area contributed by atoms with Crippen molar-refractivity contribution in [2.75, 3.05) is 13.7 Å². The van der Waals surface area contributed by atoms with E-state index in [9.17, 15) is 14.7 Å². The number of ether oxygens (including phenoxy) is 1. The molecule has 20 heavy (non-hydrogen) atoms. The molecule has 0 radical (unpaired) electrons. The van der Waals surface area contributed by atoms with Crippen LogP contribution in [0, 0.1) is 5.41 Å². The first-order valence-corrected chi connectivity index (χ1v) is 6.50. The third kappa shape index (κ3) is 3.46. The van der Waals surface area contributed by atoms with Crippen LogP contribution in [0.5, 0.6) is 5.88 Å². The number of nitrogens with one attached hydrogen (secondary N) is 1. The fraction of sp³-hybridized carbons (Fsp3) is 0.500. The maximum absolute atomic E-state index is 12.0. The highest BCUT2D eigenvalue weighted by molar-refractivity contribution is 5.94. The van der Waals surface area contributed by atoms with Crippen LogP contribution in [-0.4, -0.2) is 35.6 Å². The first-order valence-electron chi connectivity index (χ1n) is 6.50. The molecule has 0 saturated heterocycles.